The predicted molar refractivity (Wildman–Crippen MR) is 122 cm³/mol. The number of nitrogens with one attached hydrogen (secondary N) is 1. The summed E-state index contributed by atoms with van der Waals surface area (Å²) < 4.78 is 12.4. The van der Waals surface area contributed by atoms with Gasteiger partial charge in [-0.1, -0.05) is 12.1 Å². The maximum absolute atomic E-state index is 12.4. The molecule has 4 rings (SSSR count). The van der Waals surface area contributed by atoms with E-state index in [1.165, 1.54) is 6.08 Å². The number of pyridine rings is 1. The van der Waals surface area contributed by atoms with E-state index in [4.69, 9.17) is 21.7 Å². The fourth-order valence-electron chi connectivity index (χ4n) is 4.42. The summed E-state index contributed by atoms with van der Waals surface area (Å²) in [5, 5.41) is 3.22. The van der Waals surface area contributed by atoms with E-state index < -0.39 is 0 Å². The van der Waals surface area contributed by atoms with Crippen LogP contribution in [0.1, 0.15) is 23.6 Å². The van der Waals surface area contributed by atoms with E-state index >= 15 is 0 Å². The average molecular weight is 440 g/mol. The van der Waals surface area contributed by atoms with Crippen LogP contribution in [0.15, 0.2) is 47.3 Å². The Hall–Kier alpha value is -3.13. The van der Waals surface area contributed by atoms with Crippen LogP contribution in [0, 0.1) is 5.92 Å². The number of thiocarbonyl (C=S) groups is 1. The number of piperidine rings is 1. The first-order valence-corrected chi connectivity index (χ1v) is 10.6. The van der Waals surface area contributed by atoms with E-state index in [-0.39, 0.29) is 17.4 Å². The first kappa shape index (κ1) is 21.1. The highest BCUT2D eigenvalue weighted by Gasteiger charge is 2.35. The van der Waals surface area contributed by atoms with Crippen molar-refractivity contribution in [3.8, 4) is 11.5 Å². The van der Waals surface area contributed by atoms with Crippen LogP contribution in [0.4, 0.5) is 0 Å². The molecule has 1 unspecified atom stereocenters. The number of likely N-dealkylation sites (tertiary alicyclic amines) is 1. The minimum Gasteiger partial charge on any atom is -0.493 e. The molecule has 1 N–H and O–H groups in total. The molecule has 3 heterocycles. The fraction of sp³-hybridized carbons (Fsp3) is 0.348. The number of aromatic nitrogens is 1. The Kier molecular flexibility index (Phi) is 6.08. The van der Waals surface area contributed by atoms with Gasteiger partial charge >= 0.3 is 0 Å². The second kappa shape index (κ2) is 8.93. The molecule has 2 aliphatic rings. The van der Waals surface area contributed by atoms with Gasteiger partial charge in [-0.3, -0.25) is 14.9 Å². The van der Waals surface area contributed by atoms with Gasteiger partial charge in [-0.2, -0.15) is 0 Å². The van der Waals surface area contributed by atoms with Gasteiger partial charge in [0.25, 0.3) is 5.56 Å². The van der Waals surface area contributed by atoms with Crippen molar-refractivity contribution in [3.63, 3.8) is 0 Å². The average Bonchev–Trinajstić information content (AvgIpc) is 2.78. The molecule has 1 aromatic heterocycles. The van der Waals surface area contributed by atoms with E-state index in [0.29, 0.717) is 35.6 Å². The Morgan fingerprint density at radius 1 is 1.13 bits per heavy atom. The van der Waals surface area contributed by atoms with E-state index in [1.54, 1.807) is 38.5 Å². The van der Waals surface area contributed by atoms with Crippen LogP contribution < -0.4 is 20.3 Å². The lowest BCUT2D eigenvalue weighted by Gasteiger charge is -2.43. The number of carbonyl (C=O) groups is 1. The molecule has 8 heteroatoms. The summed E-state index contributed by atoms with van der Waals surface area (Å²) in [6, 6.07) is 10.9. The quantitative estimate of drug-likeness (QED) is 0.583. The zero-order chi connectivity index (χ0) is 22.0. The van der Waals surface area contributed by atoms with E-state index in [9.17, 15) is 9.59 Å². The van der Waals surface area contributed by atoms with Crippen molar-refractivity contribution >= 4 is 29.3 Å². The van der Waals surface area contributed by atoms with Gasteiger partial charge in [-0.15, -0.1) is 0 Å². The third-order valence-electron chi connectivity index (χ3n) is 5.83. The van der Waals surface area contributed by atoms with Gasteiger partial charge in [-0.25, -0.2) is 0 Å². The second-order valence-corrected chi connectivity index (χ2v) is 8.23. The fourth-order valence-corrected chi connectivity index (χ4v) is 4.67. The SMILES string of the molecule is COc1ccc(/C=C/C(=O)NC(=S)N2CC3C[C@H](C2)Cn2c3cccc2=O)cc1OC. The molecular weight excluding hydrogens is 414 g/mol. The van der Waals surface area contributed by atoms with Crippen LogP contribution in [0.5, 0.6) is 11.5 Å². The second-order valence-electron chi connectivity index (χ2n) is 7.85. The summed E-state index contributed by atoms with van der Waals surface area (Å²) in [6.45, 7) is 2.12. The molecule has 7 nitrogen and oxygen atoms in total. The van der Waals surface area contributed by atoms with Crippen LogP contribution in [0.2, 0.25) is 0 Å². The third kappa shape index (κ3) is 4.49. The number of hydrogen-bond acceptors (Lipinski definition) is 5. The molecule has 2 bridgehead atoms. The molecule has 2 aliphatic heterocycles. The minimum atomic E-state index is -0.285. The molecule has 0 saturated carbocycles. The number of methoxy groups -OCH3 is 2. The number of nitrogens with zero attached hydrogens (tertiary/aromatic N) is 2. The summed E-state index contributed by atoms with van der Waals surface area (Å²) in [4.78, 5) is 26.6. The predicted octanol–water partition coefficient (Wildman–Crippen LogP) is 2.40. The largest absolute Gasteiger partial charge is 0.493 e. The standard InChI is InChI=1S/C23H25N3O4S/c1-29-19-8-6-15(11-20(19)30-2)7-9-21(27)24-23(31)25-12-16-10-17(14-25)18-4-3-5-22(28)26(18)13-16/h3-9,11,16-17H,10,12-14H2,1-2H3,(H,24,27,31)/b9-7+/t16-,17?/m1/s1. The van der Waals surface area contributed by atoms with E-state index in [1.807, 2.05) is 27.7 Å². The van der Waals surface area contributed by atoms with Gasteiger partial charge < -0.3 is 18.9 Å². The summed E-state index contributed by atoms with van der Waals surface area (Å²) in [7, 11) is 3.15. The number of fused-ring (bicyclic) bond motifs is 4. The molecule has 0 aliphatic carbocycles. The lowest BCUT2D eigenvalue weighted by Crippen LogP contribution is -2.52. The molecule has 1 fully saturated rings. The minimum absolute atomic E-state index is 0.0526. The van der Waals surface area contributed by atoms with Crippen LogP contribution in [0.25, 0.3) is 6.08 Å². The van der Waals surface area contributed by atoms with Crippen molar-refractivity contribution in [1.29, 1.82) is 0 Å². The van der Waals surface area contributed by atoms with Crippen molar-refractivity contribution in [2.75, 3.05) is 27.3 Å². The zero-order valence-corrected chi connectivity index (χ0v) is 18.4. The number of ether oxygens (including phenoxy) is 2. The van der Waals surface area contributed by atoms with E-state index in [0.717, 1.165) is 24.2 Å². The Balaban J connectivity index is 1.39. The van der Waals surface area contributed by atoms with Crippen molar-refractivity contribution in [3.05, 3.63) is 64.1 Å². The van der Waals surface area contributed by atoms with Crippen LogP contribution in [0.3, 0.4) is 0 Å². The molecule has 162 valence electrons. The van der Waals surface area contributed by atoms with Crippen LogP contribution >= 0.6 is 12.2 Å². The number of carbonyl (C=O) groups excluding carboxylic acids is 1. The van der Waals surface area contributed by atoms with Crippen LogP contribution in [-0.4, -0.2) is 47.8 Å². The van der Waals surface area contributed by atoms with Gasteiger partial charge in [0.15, 0.2) is 16.6 Å². The summed E-state index contributed by atoms with van der Waals surface area (Å²) in [5.74, 6) is 1.51. The van der Waals surface area contributed by atoms with Crippen molar-refractivity contribution in [2.45, 2.75) is 18.9 Å². The van der Waals surface area contributed by atoms with Gasteiger partial charge in [0.1, 0.15) is 0 Å². The van der Waals surface area contributed by atoms with Crippen LogP contribution in [-0.2, 0) is 11.3 Å². The molecule has 31 heavy (non-hydrogen) atoms. The van der Waals surface area contributed by atoms with E-state index in [2.05, 4.69) is 5.32 Å². The summed E-state index contributed by atoms with van der Waals surface area (Å²) >= 11 is 5.51. The lowest BCUT2D eigenvalue weighted by molar-refractivity contribution is -0.115. The Labute approximate surface area is 186 Å². The molecule has 1 aromatic carbocycles. The maximum atomic E-state index is 12.4. The Morgan fingerprint density at radius 2 is 1.94 bits per heavy atom. The van der Waals surface area contributed by atoms with Crippen molar-refractivity contribution < 1.29 is 14.3 Å². The van der Waals surface area contributed by atoms with Gasteiger partial charge in [0.2, 0.25) is 5.91 Å². The van der Waals surface area contributed by atoms with Gasteiger partial charge in [0.05, 0.1) is 14.2 Å². The number of benzene rings is 1. The molecular formula is C23H25N3O4S. The molecule has 0 radical (unpaired) electrons. The topological polar surface area (TPSA) is 72.8 Å². The summed E-state index contributed by atoms with van der Waals surface area (Å²) in [6.07, 6.45) is 4.19. The normalized spacial score (nSPS) is 19.6. The highest BCUT2D eigenvalue weighted by Crippen LogP contribution is 2.35. The smallest absolute Gasteiger partial charge is 0.250 e. The number of amides is 1. The molecule has 1 saturated heterocycles. The molecule has 1 amide bonds. The highest BCUT2D eigenvalue weighted by molar-refractivity contribution is 7.80. The monoisotopic (exact) mass is 439 g/mol. The third-order valence-corrected chi connectivity index (χ3v) is 6.19. The number of hydrogen-bond donors (Lipinski definition) is 1. The molecule has 0 spiro atoms. The first-order valence-electron chi connectivity index (χ1n) is 10.2. The Morgan fingerprint density at radius 3 is 2.71 bits per heavy atom. The maximum Gasteiger partial charge on any atom is 0.250 e. The Bertz CT molecular complexity index is 1090. The molecule has 2 aromatic rings. The molecule has 2 atom stereocenters. The highest BCUT2D eigenvalue weighted by atomic mass is 32.1. The van der Waals surface area contributed by atoms with Crippen molar-refractivity contribution in [1.82, 2.24) is 14.8 Å². The number of rotatable bonds is 4. The van der Waals surface area contributed by atoms with Gasteiger partial charge in [0, 0.05) is 43.4 Å². The lowest BCUT2D eigenvalue weighted by atomic mass is 9.83. The van der Waals surface area contributed by atoms with Crippen molar-refractivity contribution in [2.24, 2.45) is 5.92 Å². The van der Waals surface area contributed by atoms with Gasteiger partial charge in [-0.05, 0) is 54.4 Å². The first-order chi connectivity index (χ1) is 15.0. The zero-order valence-electron chi connectivity index (χ0n) is 17.5. The summed E-state index contributed by atoms with van der Waals surface area (Å²) in [5.41, 5.74) is 1.92.